The average Bonchev–Trinajstić information content (AvgIpc) is 2.53. The number of amides is 1. The van der Waals surface area contributed by atoms with Crippen LogP contribution in [0.2, 0.25) is 0 Å². The van der Waals surface area contributed by atoms with Crippen LogP contribution in [0, 0.1) is 0 Å². The van der Waals surface area contributed by atoms with Crippen LogP contribution < -0.4 is 4.90 Å². The Labute approximate surface area is 77.4 Å². The van der Waals surface area contributed by atoms with Crippen LogP contribution in [0.4, 0.5) is 0 Å². The summed E-state index contributed by atoms with van der Waals surface area (Å²) < 4.78 is 0. The van der Waals surface area contributed by atoms with Crippen molar-refractivity contribution in [2.75, 3.05) is 13.6 Å². The van der Waals surface area contributed by atoms with Gasteiger partial charge in [0.15, 0.2) is 0 Å². The monoisotopic (exact) mass is 177 g/mol. The molecule has 1 N–H and O–H groups in total. The molecule has 2 aliphatic rings. The second kappa shape index (κ2) is 3.26. The molecule has 1 unspecified atom stereocenters. The summed E-state index contributed by atoms with van der Waals surface area (Å²) in [6.45, 7) is 1.19. The maximum Gasteiger partial charge on any atom is 0.269 e. The van der Waals surface area contributed by atoms with Gasteiger partial charge in [0.25, 0.3) is 5.91 Å². The van der Waals surface area contributed by atoms with E-state index in [1.165, 1.54) is 29.6 Å². The molecule has 13 heavy (non-hydrogen) atoms. The number of hydrogen-bond acceptors (Lipinski definition) is 1. The molecule has 0 saturated carbocycles. The van der Waals surface area contributed by atoms with Crippen molar-refractivity contribution in [2.24, 2.45) is 4.99 Å². The fourth-order valence-corrected chi connectivity index (χ4v) is 1.84. The fourth-order valence-electron chi connectivity index (χ4n) is 1.84. The second-order valence-electron chi connectivity index (χ2n) is 3.50. The maximum absolute atomic E-state index is 10.8. The molecule has 0 aromatic rings. The van der Waals surface area contributed by atoms with Crippen LogP contribution in [-0.4, -0.2) is 25.7 Å². The number of carbonyl (C=O) groups is 1. The zero-order chi connectivity index (χ0) is 9.26. The van der Waals surface area contributed by atoms with Crippen LogP contribution in [0.25, 0.3) is 0 Å². The summed E-state index contributed by atoms with van der Waals surface area (Å²) >= 11 is 0. The Morgan fingerprint density at radius 2 is 2.31 bits per heavy atom. The molecule has 0 aromatic carbocycles. The number of aliphatic imine (C=N–C) groups is 1. The third kappa shape index (κ3) is 1.60. The molecule has 1 amide bonds. The van der Waals surface area contributed by atoms with Crippen molar-refractivity contribution in [3.63, 3.8) is 0 Å². The molecule has 0 bridgehead atoms. The zero-order valence-corrected chi connectivity index (χ0v) is 7.71. The number of nitrogens with zero attached hydrogens (tertiary/aromatic N) is 1. The van der Waals surface area contributed by atoms with Gasteiger partial charge in [0.1, 0.15) is 5.70 Å². The number of allylic oxidation sites excluding steroid dienone is 3. The molecule has 3 heteroatoms. The summed E-state index contributed by atoms with van der Waals surface area (Å²) in [5, 5.41) is 0. The van der Waals surface area contributed by atoms with Crippen molar-refractivity contribution in [3.05, 3.63) is 23.4 Å². The number of nitrogens with one attached hydrogen (secondary N) is 1. The standard InChI is InChI=1S/C10H12N2O/c1-12-6-2-3-9(12)8-4-5-10(13)11-7-8/h4-5,7H,2-3,6H2,1H3/p+1/b9-8-. The third-order valence-corrected chi connectivity index (χ3v) is 2.58. The number of hydrogen-bond donors (Lipinski definition) is 1. The molecule has 2 rings (SSSR count). The molecule has 0 aliphatic carbocycles. The van der Waals surface area contributed by atoms with Gasteiger partial charge in [0.05, 0.1) is 13.6 Å². The van der Waals surface area contributed by atoms with Crippen molar-refractivity contribution < 1.29 is 9.69 Å². The van der Waals surface area contributed by atoms with Crippen LogP contribution in [0.1, 0.15) is 12.8 Å². The first-order chi connectivity index (χ1) is 6.27. The Hall–Kier alpha value is -1.22. The lowest BCUT2D eigenvalue weighted by Gasteiger charge is -2.09. The van der Waals surface area contributed by atoms with Crippen molar-refractivity contribution >= 4 is 12.1 Å². The van der Waals surface area contributed by atoms with Crippen LogP contribution >= 0.6 is 0 Å². The Morgan fingerprint density at radius 3 is 2.85 bits per heavy atom. The quantitative estimate of drug-likeness (QED) is 0.542. The van der Waals surface area contributed by atoms with E-state index in [0.29, 0.717) is 0 Å². The van der Waals surface area contributed by atoms with E-state index in [1.54, 1.807) is 6.21 Å². The lowest BCUT2D eigenvalue weighted by molar-refractivity contribution is -0.828. The molecule has 1 atom stereocenters. The van der Waals surface area contributed by atoms with Crippen LogP contribution in [0.15, 0.2) is 28.4 Å². The van der Waals surface area contributed by atoms with E-state index in [4.69, 9.17) is 0 Å². The van der Waals surface area contributed by atoms with Crippen molar-refractivity contribution in [2.45, 2.75) is 12.8 Å². The van der Waals surface area contributed by atoms with Gasteiger partial charge in [-0.3, -0.25) is 4.79 Å². The van der Waals surface area contributed by atoms with Crippen molar-refractivity contribution in [1.82, 2.24) is 0 Å². The maximum atomic E-state index is 10.8. The normalized spacial score (nSPS) is 33.0. The van der Waals surface area contributed by atoms with E-state index in [2.05, 4.69) is 12.0 Å². The Kier molecular flexibility index (Phi) is 2.10. The summed E-state index contributed by atoms with van der Waals surface area (Å²) in [5.41, 5.74) is 2.50. The predicted molar refractivity (Wildman–Crippen MR) is 50.7 cm³/mol. The van der Waals surface area contributed by atoms with E-state index in [0.717, 1.165) is 12.0 Å². The fraction of sp³-hybridized carbons (Fsp3) is 0.400. The summed E-state index contributed by atoms with van der Waals surface area (Å²) in [6, 6.07) is 0. The van der Waals surface area contributed by atoms with Gasteiger partial charge in [-0.1, -0.05) is 0 Å². The van der Waals surface area contributed by atoms with E-state index < -0.39 is 0 Å². The minimum atomic E-state index is -0.153. The van der Waals surface area contributed by atoms with Crippen LogP contribution in [0.5, 0.6) is 0 Å². The molecule has 2 heterocycles. The number of dihydropyridines is 1. The van der Waals surface area contributed by atoms with Gasteiger partial charge in [-0.05, 0) is 6.08 Å². The molecule has 0 aromatic heterocycles. The molecule has 3 nitrogen and oxygen atoms in total. The number of likely N-dealkylation sites (tertiary alicyclic amines) is 1. The second-order valence-corrected chi connectivity index (χ2v) is 3.50. The molecular weight excluding hydrogens is 164 g/mol. The predicted octanol–water partition coefficient (Wildman–Crippen LogP) is -0.284. The molecule has 1 saturated heterocycles. The van der Waals surface area contributed by atoms with Crippen molar-refractivity contribution in [1.29, 1.82) is 0 Å². The van der Waals surface area contributed by atoms with Crippen LogP contribution in [0.3, 0.4) is 0 Å². The smallest absolute Gasteiger partial charge is 0.269 e. The molecule has 2 aliphatic heterocycles. The topological polar surface area (TPSA) is 33.9 Å². The van der Waals surface area contributed by atoms with E-state index in [1.807, 2.05) is 6.08 Å². The first kappa shape index (κ1) is 8.38. The van der Waals surface area contributed by atoms with Gasteiger partial charge in [0, 0.05) is 30.7 Å². The third-order valence-electron chi connectivity index (χ3n) is 2.58. The van der Waals surface area contributed by atoms with Gasteiger partial charge >= 0.3 is 0 Å². The zero-order valence-electron chi connectivity index (χ0n) is 7.71. The number of carbonyl (C=O) groups excluding carboxylic acids is 1. The highest BCUT2D eigenvalue weighted by Gasteiger charge is 2.21. The van der Waals surface area contributed by atoms with E-state index >= 15 is 0 Å². The Balaban J connectivity index is 2.29. The summed E-state index contributed by atoms with van der Waals surface area (Å²) in [7, 11) is 2.16. The first-order valence-electron chi connectivity index (χ1n) is 4.59. The van der Waals surface area contributed by atoms with E-state index in [-0.39, 0.29) is 5.91 Å². The highest BCUT2D eigenvalue weighted by Crippen LogP contribution is 2.11. The SMILES string of the molecule is C[NH+]1CCC/C1=C1\C=CC(=O)N=C1. The molecule has 68 valence electrons. The lowest BCUT2D eigenvalue weighted by Crippen LogP contribution is -3.05. The van der Waals surface area contributed by atoms with Gasteiger partial charge < -0.3 is 4.90 Å². The summed E-state index contributed by atoms with van der Waals surface area (Å²) in [4.78, 5) is 16.0. The number of quaternary nitrogens is 1. The molecular formula is C10H13N2O+. The van der Waals surface area contributed by atoms with Crippen molar-refractivity contribution in [3.8, 4) is 0 Å². The largest absolute Gasteiger partial charge is 0.308 e. The van der Waals surface area contributed by atoms with Gasteiger partial charge in [-0.15, -0.1) is 0 Å². The van der Waals surface area contributed by atoms with Gasteiger partial charge in [-0.2, -0.15) is 0 Å². The summed E-state index contributed by atoms with van der Waals surface area (Å²) in [5.74, 6) is -0.153. The highest BCUT2D eigenvalue weighted by atomic mass is 16.1. The minimum Gasteiger partial charge on any atom is -0.308 e. The number of rotatable bonds is 0. The lowest BCUT2D eigenvalue weighted by atomic mass is 10.1. The minimum absolute atomic E-state index is 0.153. The Morgan fingerprint density at radius 1 is 1.46 bits per heavy atom. The van der Waals surface area contributed by atoms with Gasteiger partial charge in [-0.25, -0.2) is 4.99 Å². The average molecular weight is 177 g/mol. The first-order valence-corrected chi connectivity index (χ1v) is 4.59. The molecule has 0 radical (unpaired) electrons. The molecule has 1 fully saturated rings. The van der Waals surface area contributed by atoms with Gasteiger partial charge in [0.2, 0.25) is 0 Å². The van der Waals surface area contributed by atoms with E-state index in [9.17, 15) is 4.79 Å². The highest BCUT2D eigenvalue weighted by molar-refractivity contribution is 6.03. The van der Waals surface area contributed by atoms with Crippen LogP contribution in [-0.2, 0) is 4.79 Å². The Bertz CT molecular complexity index is 308. The molecule has 0 spiro atoms. The summed E-state index contributed by atoms with van der Waals surface area (Å²) in [6.07, 6.45) is 7.46.